The van der Waals surface area contributed by atoms with Crippen molar-refractivity contribution in [3.8, 4) is 5.75 Å². The van der Waals surface area contributed by atoms with E-state index in [0.29, 0.717) is 38.6 Å². The maximum Gasteiger partial charge on any atom is 0.401 e. The number of likely N-dealkylation sites (tertiary alicyclic amines) is 1. The molecule has 1 heterocycles. The fraction of sp³-hybridized carbons (Fsp3) is 0.476. The van der Waals surface area contributed by atoms with Gasteiger partial charge in [-0.1, -0.05) is 18.2 Å². The van der Waals surface area contributed by atoms with E-state index in [9.17, 15) is 13.2 Å². The number of alkyl halides is 3. The lowest BCUT2D eigenvalue weighted by Crippen LogP contribution is -2.45. The molecule has 1 aliphatic rings. The van der Waals surface area contributed by atoms with Gasteiger partial charge in [-0.15, -0.1) is 24.0 Å². The molecule has 2 aromatic carbocycles. The first-order valence-electron chi connectivity index (χ1n) is 9.77. The summed E-state index contributed by atoms with van der Waals surface area (Å²) in [5, 5.41) is 8.65. The van der Waals surface area contributed by atoms with Gasteiger partial charge in [-0.3, -0.25) is 4.90 Å². The number of methoxy groups -OCH3 is 1. The highest BCUT2D eigenvalue weighted by atomic mass is 127. The SMILES string of the molecule is CCNC(=NCc1ccc2cc(OC)ccc2c1)NC1CCN(CC(F)(F)F)C1.I. The van der Waals surface area contributed by atoms with Gasteiger partial charge in [0, 0.05) is 25.7 Å². The van der Waals surface area contributed by atoms with Crippen molar-refractivity contribution in [3.63, 3.8) is 0 Å². The molecule has 2 aromatic rings. The lowest BCUT2D eigenvalue weighted by atomic mass is 10.1. The summed E-state index contributed by atoms with van der Waals surface area (Å²) >= 11 is 0. The van der Waals surface area contributed by atoms with E-state index in [2.05, 4.69) is 21.7 Å². The summed E-state index contributed by atoms with van der Waals surface area (Å²) in [7, 11) is 1.65. The average molecular weight is 536 g/mol. The minimum absolute atomic E-state index is 0. The Morgan fingerprint density at radius 2 is 1.93 bits per heavy atom. The molecule has 0 spiro atoms. The molecule has 0 aliphatic carbocycles. The van der Waals surface area contributed by atoms with Crippen LogP contribution in [0.4, 0.5) is 13.2 Å². The topological polar surface area (TPSA) is 48.9 Å². The molecule has 1 aliphatic heterocycles. The van der Waals surface area contributed by atoms with E-state index in [1.54, 1.807) is 7.11 Å². The molecular weight excluding hydrogens is 508 g/mol. The summed E-state index contributed by atoms with van der Waals surface area (Å²) in [5.74, 6) is 1.44. The van der Waals surface area contributed by atoms with Gasteiger partial charge >= 0.3 is 6.18 Å². The number of hydrogen-bond donors (Lipinski definition) is 2. The molecular formula is C21H28F3IN4O. The van der Waals surface area contributed by atoms with E-state index in [4.69, 9.17) is 4.74 Å². The Morgan fingerprint density at radius 1 is 1.20 bits per heavy atom. The van der Waals surface area contributed by atoms with E-state index in [1.165, 1.54) is 4.90 Å². The summed E-state index contributed by atoms with van der Waals surface area (Å²) in [6.45, 7) is 3.07. The van der Waals surface area contributed by atoms with Crippen molar-refractivity contribution in [2.75, 3.05) is 33.3 Å². The highest BCUT2D eigenvalue weighted by Gasteiger charge is 2.34. The molecule has 30 heavy (non-hydrogen) atoms. The summed E-state index contributed by atoms with van der Waals surface area (Å²) in [6.07, 6.45) is -3.49. The Balaban J connectivity index is 0.00000320. The second-order valence-electron chi connectivity index (χ2n) is 7.22. The standard InChI is InChI=1S/C21H27F3N4O.HI/c1-3-25-20(27-18-8-9-28(13-18)14-21(22,23)24)26-12-15-4-5-17-11-19(29-2)7-6-16(17)10-15;/h4-7,10-11,18H,3,8-9,12-14H2,1-2H3,(H2,25,26,27);1H. The van der Waals surface area contributed by atoms with Crippen LogP contribution in [-0.2, 0) is 6.54 Å². The summed E-state index contributed by atoms with van der Waals surface area (Å²) in [4.78, 5) is 6.05. The number of aliphatic imine (C=N–C) groups is 1. The van der Waals surface area contributed by atoms with Crippen LogP contribution in [0.2, 0.25) is 0 Å². The summed E-state index contributed by atoms with van der Waals surface area (Å²) in [5.41, 5.74) is 1.06. The largest absolute Gasteiger partial charge is 0.497 e. The van der Waals surface area contributed by atoms with Crippen LogP contribution in [0, 0.1) is 0 Å². The molecule has 166 valence electrons. The first-order chi connectivity index (χ1) is 13.9. The maximum atomic E-state index is 12.6. The average Bonchev–Trinajstić information content (AvgIpc) is 3.10. The van der Waals surface area contributed by atoms with Gasteiger partial charge in [-0.25, -0.2) is 4.99 Å². The van der Waals surface area contributed by atoms with Gasteiger partial charge in [0.15, 0.2) is 5.96 Å². The second-order valence-corrected chi connectivity index (χ2v) is 7.22. The monoisotopic (exact) mass is 536 g/mol. The molecule has 0 radical (unpaired) electrons. The number of hydrogen-bond acceptors (Lipinski definition) is 3. The summed E-state index contributed by atoms with van der Waals surface area (Å²) in [6, 6.07) is 12.0. The van der Waals surface area contributed by atoms with E-state index >= 15 is 0 Å². The third kappa shape index (κ3) is 7.19. The lowest BCUT2D eigenvalue weighted by molar-refractivity contribution is -0.143. The van der Waals surface area contributed by atoms with Gasteiger partial charge in [0.1, 0.15) is 5.75 Å². The number of guanidine groups is 1. The fourth-order valence-electron chi connectivity index (χ4n) is 3.53. The first kappa shape index (κ1) is 24.5. The Kier molecular flexibility index (Phi) is 9.02. The van der Waals surface area contributed by atoms with Crippen LogP contribution >= 0.6 is 24.0 Å². The third-order valence-electron chi connectivity index (χ3n) is 4.89. The molecule has 9 heteroatoms. The molecule has 0 amide bonds. The molecule has 1 unspecified atom stereocenters. The zero-order valence-electron chi connectivity index (χ0n) is 17.1. The molecule has 3 rings (SSSR count). The van der Waals surface area contributed by atoms with Gasteiger partial charge in [0.25, 0.3) is 0 Å². The van der Waals surface area contributed by atoms with Crippen LogP contribution in [-0.4, -0.2) is 56.4 Å². The van der Waals surface area contributed by atoms with Crippen molar-refractivity contribution in [2.45, 2.75) is 32.1 Å². The van der Waals surface area contributed by atoms with Crippen LogP contribution in [0.5, 0.6) is 5.75 Å². The zero-order valence-corrected chi connectivity index (χ0v) is 19.5. The van der Waals surface area contributed by atoms with Crippen LogP contribution in [0.3, 0.4) is 0 Å². The normalized spacial score (nSPS) is 17.6. The highest BCUT2D eigenvalue weighted by molar-refractivity contribution is 14.0. The zero-order chi connectivity index (χ0) is 20.9. The van der Waals surface area contributed by atoms with Crippen LogP contribution < -0.4 is 15.4 Å². The van der Waals surface area contributed by atoms with Crippen molar-refractivity contribution in [1.29, 1.82) is 0 Å². The van der Waals surface area contributed by atoms with Crippen molar-refractivity contribution in [1.82, 2.24) is 15.5 Å². The number of benzene rings is 2. The highest BCUT2D eigenvalue weighted by Crippen LogP contribution is 2.22. The third-order valence-corrected chi connectivity index (χ3v) is 4.89. The smallest absolute Gasteiger partial charge is 0.401 e. The van der Waals surface area contributed by atoms with Crippen LogP contribution in [0.1, 0.15) is 18.9 Å². The predicted octanol–water partition coefficient (Wildman–Crippen LogP) is 4.16. The molecule has 5 nitrogen and oxygen atoms in total. The Hall–Kier alpha value is -1.75. The van der Waals surface area contributed by atoms with Gasteiger partial charge in [0.2, 0.25) is 0 Å². The van der Waals surface area contributed by atoms with Gasteiger partial charge in [-0.2, -0.15) is 13.2 Å². The lowest BCUT2D eigenvalue weighted by Gasteiger charge is -2.19. The minimum Gasteiger partial charge on any atom is -0.497 e. The number of rotatable bonds is 6. The van der Waals surface area contributed by atoms with Gasteiger partial charge < -0.3 is 15.4 Å². The molecule has 1 saturated heterocycles. The number of nitrogens with zero attached hydrogens (tertiary/aromatic N) is 2. The second kappa shape index (κ2) is 11.0. The van der Waals surface area contributed by atoms with E-state index in [0.717, 1.165) is 22.1 Å². The van der Waals surface area contributed by atoms with E-state index < -0.39 is 12.7 Å². The predicted molar refractivity (Wildman–Crippen MR) is 125 cm³/mol. The van der Waals surface area contributed by atoms with Gasteiger partial charge in [0.05, 0.1) is 20.2 Å². The number of ether oxygens (including phenoxy) is 1. The Labute approximate surface area is 192 Å². The maximum absolute atomic E-state index is 12.6. The van der Waals surface area contributed by atoms with Crippen LogP contribution in [0.25, 0.3) is 10.8 Å². The van der Waals surface area contributed by atoms with Crippen molar-refractivity contribution < 1.29 is 17.9 Å². The molecule has 0 bridgehead atoms. The Morgan fingerprint density at radius 3 is 2.63 bits per heavy atom. The molecule has 0 saturated carbocycles. The molecule has 0 aromatic heterocycles. The van der Waals surface area contributed by atoms with Crippen molar-refractivity contribution in [2.24, 2.45) is 4.99 Å². The van der Waals surface area contributed by atoms with Crippen LogP contribution in [0.15, 0.2) is 41.4 Å². The minimum atomic E-state index is -4.16. The number of nitrogens with one attached hydrogen (secondary N) is 2. The Bertz CT molecular complexity index is 860. The first-order valence-corrected chi connectivity index (χ1v) is 9.77. The number of fused-ring (bicyclic) bond motifs is 1. The van der Waals surface area contributed by atoms with E-state index in [-0.39, 0.29) is 30.0 Å². The molecule has 1 atom stereocenters. The quantitative estimate of drug-likeness (QED) is 0.331. The van der Waals surface area contributed by atoms with Crippen molar-refractivity contribution in [3.05, 3.63) is 42.0 Å². The fourth-order valence-corrected chi connectivity index (χ4v) is 3.53. The van der Waals surface area contributed by atoms with Crippen molar-refractivity contribution >= 4 is 40.7 Å². The number of halogens is 4. The van der Waals surface area contributed by atoms with E-state index in [1.807, 2.05) is 37.3 Å². The summed E-state index contributed by atoms with van der Waals surface area (Å²) < 4.78 is 43.0. The molecule has 1 fully saturated rings. The molecule has 2 N–H and O–H groups in total. The van der Waals surface area contributed by atoms with Gasteiger partial charge in [-0.05, 0) is 47.9 Å².